The van der Waals surface area contributed by atoms with Crippen LogP contribution in [0.1, 0.15) is 20.3 Å². The molecule has 2 N–H and O–H groups in total. The van der Waals surface area contributed by atoms with Crippen molar-refractivity contribution in [2.24, 2.45) is 0 Å². The van der Waals surface area contributed by atoms with Gasteiger partial charge in [-0.3, -0.25) is 4.57 Å². The van der Waals surface area contributed by atoms with Crippen molar-refractivity contribution in [2.45, 2.75) is 26.4 Å². The third-order valence-corrected chi connectivity index (χ3v) is 3.34. The second kappa shape index (κ2) is 8.02. The summed E-state index contributed by atoms with van der Waals surface area (Å²) in [6.07, 6.45) is 0.881. The van der Waals surface area contributed by atoms with Gasteiger partial charge in [0, 0.05) is 5.82 Å². The van der Waals surface area contributed by atoms with Crippen LogP contribution in [-0.2, 0) is 13.6 Å². The Morgan fingerprint density at radius 2 is 1.87 bits per heavy atom. The van der Waals surface area contributed by atoms with Crippen molar-refractivity contribution in [3.05, 3.63) is 11.9 Å². The van der Waals surface area contributed by atoms with E-state index in [1.54, 1.807) is 13.8 Å². The molecule has 0 fully saturated rings. The highest BCUT2D eigenvalue weighted by Gasteiger charge is 2.18. The minimum Gasteiger partial charge on any atom is -0.394 e. The van der Waals surface area contributed by atoms with E-state index in [2.05, 4.69) is 0 Å². The van der Waals surface area contributed by atoms with Gasteiger partial charge < -0.3 is 19.3 Å². The lowest BCUT2D eigenvalue weighted by atomic mass is 10.3. The molecular formula is C9H19O5P. The maximum atomic E-state index is 11.8. The van der Waals surface area contributed by atoms with Gasteiger partial charge in [-0.1, -0.05) is 6.08 Å². The first-order valence-corrected chi connectivity index (χ1v) is 6.54. The Morgan fingerprint density at radius 3 is 2.27 bits per heavy atom. The van der Waals surface area contributed by atoms with Gasteiger partial charge in [-0.05, 0) is 20.3 Å². The first kappa shape index (κ1) is 14.8. The maximum absolute atomic E-state index is 11.8. The first-order valence-electron chi connectivity index (χ1n) is 4.93. The normalized spacial score (nSPS) is 14.7. The standard InChI is InChI=1S/C9H19O5P/c1-3-13-15(12,14-4-2)7-5-6-9(11)8-10/h5,7,9-11H,3-4,6,8H2,1-2H3/b7-5-. The lowest BCUT2D eigenvalue weighted by molar-refractivity contribution is 0.0976. The van der Waals surface area contributed by atoms with Gasteiger partial charge in [0.1, 0.15) is 0 Å². The number of aliphatic hydroxyl groups is 2. The van der Waals surface area contributed by atoms with Crippen LogP contribution in [-0.4, -0.2) is 36.1 Å². The van der Waals surface area contributed by atoms with E-state index >= 15 is 0 Å². The fourth-order valence-corrected chi connectivity index (χ4v) is 2.25. The van der Waals surface area contributed by atoms with Gasteiger partial charge >= 0.3 is 7.60 Å². The topological polar surface area (TPSA) is 76.0 Å². The average Bonchev–Trinajstić information content (AvgIpc) is 2.18. The molecule has 0 aliphatic carbocycles. The minimum atomic E-state index is -3.16. The van der Waals surface area contributed by atoms with Crippen molar-refractivity contribution in [1.29, 1.82) is 0 Å². The van der Waals surface area contributed by atoms with Gasteiger partial charge in [0.2, 0.25) is 0 Å². The lowest BCUT2D eigenvalue weighted by Crippen LogP contribution is -2.09. The summed E-state index contributed by atoms with van der Waals surface area (Å²) in [6.45, 7) is 3.72. The summed E-state index contributed by atoms with van der Waals surface area (Å²) < 4.78 is 21.8. The largest absolute Gasteiger partial charge is 0.394 e. The summed E-state index contributed by atoms with van der Waals surface area (Å²) in [5.74, 6) is 1.32. The molecule has 1 unspecified atom stereocenters. The molecule has 15 heavy (non-hydrogen) atoms. The maximum Gasteiger partial charge on any atom is 0.353 e. The average molecular weight is 238 g/mol. The molecule has 5 nitrogen and oxygen atoms in total. The molecule has 90 valence electrons. The molecule has 0 radical (unpaired) electrons. The van der Waals surface area contributed by atoms with E-state index in [0.717, 1.165) is 0 Å². The van der Waals surface area contributed by atoms with E-state index in [9.17, 15) is 4.57 Å². The van der Waals surface area contributed by atoms with Crippen molar-refractivity contribution in [2.75, 3.05) is 19.8 Å². The molecule has 0 aliphatic rings. The van der Waals surface area contributed by atoms with Crippen molar-refractivity contribution in [3.8, 4) is 0 Å². The van der Waals surface area contributed by atoms with E-state index < -0.39 is 13.7 Å². The van der Waals surface area contributed by atoms with Crippen LogP contribution in [0, 0.1) is 0 Å². The Labute approximate surface area is 90.2 Å². The van der Waals surface area contributed by atoms with E-state index in [4.69, 9.17) is 19.3 Å². The zero-order valence-corrected chi connectivity index (χ0v) is 10.0. The predicted molar refractivity (Wildman–Crippen MR) is 57.7 cm³/mol. The van der Waals surface area contributed by atoms with Crippen molar-refractivity contribution < 1.29 is 23.8 Å². The second-order valence-corrected chi connectivity index (χ2v) is 4.73. The third-order valence-electron chi connectivity index (χ3n) is 1.52. The fraction of sp³-hybridized carbons (Fsp3) is 0.778. The van der Waals surface area contributed by atoms with Crippen molar-refractivity contribution in [3.63, 3.8) is 0 Å². The van der Waals surface area contributed by atoms with Crippen LogP contribution in [0.4, 0.5) is 0 Å². The fourth-order valence-electron chi connectivity index (χ4n) is 0.905. The van der Waals surface area contributed by atoms with E-state index in [1.165, 1.54) is 11.9 Å². The molecule has 6 heteroatoms. The van der Waals surface area contributed by atoms with Crippen LogP contribution in [0.2, 0.25) is 0 Å². The Morgan fingerprint density at radius 1 is 1.33 bits per heavy atom. The summed E-state index contributed by atoms with van der Waals surface area (Å²) >= 11 is 0. The molecule has 0 aromatic heterocycles. The molecule has 0 rings (SSSR count). The molecule has 0 aliphatic heterocycles. The smallest absolute Gasteiger partial charge is 0.353 e. The van der Waals surface area contributed by atoms with Crippen molar-refractivity contribution in [1.82, 2.24) is 0 Å². The molecule has 0 bridgehead atoms. The summed E-state index contributed by atoms with van der Waals surface area (Å²) in [5.41, 5.74) is 0. The van der Waals surface area contributed by atoms with Gasteiger partial charge in [0.15, 0.2) is 0 Å². The van der Waals surface area contributed by atoms with Gasteiger partial charge in [-0.2, -0.15) is 0 Å². The highest BCUT2D eigenvalue weighted by atomic mass is 31.2. The summed E-state index contributed by atoms with van der Waals surface area (Å²) in [4.78, 5) is 0. The Balaban J connectivity index is 4.21. The zero-order chi connectivity index (χ0) is 11.7. The molecule has 1 atom stereocenters. The lowest BCUT2D eigenvalue weighted by Gasteiger charge is -2.12. The van der Waals surface area contributed by atoms with Gasteiger partial charge in [-0.15, -0.1) is 0 Å². The molecular weight excluding hydrogens is 219 g/mol. The van der Waals surface area contributed by atoms with Gasteiger partial charge in [0.25, 0.3) is 0 Å². The number of rotatable bonds is 8. The SMILES string of the molecule is CCOP(=O)(/C=C\CC(O)CO)OCC. The minimum absolute atomic E-state index is 0.223. The first-order chi connectivity index (χ1) is 7.08. The zero-order valence-electron chi connectivity index (χ0n) is 9.13. The third kappa shape index (κ3) is 6.82. The van der Waals surface area contributed by atoms with Gasteiger partial charge in [0.05, 0.1) is 25.9 Å². The van der Waals surface area contributed by atoms with Crippen LogP contribution in [0.3, 0.4) is 0 Å². The predicted octanol–water partition coefficient (Wildman–Crippen LogP) is 1.51. The van der Waals surface area contributed by atoms with Gasteiger partial charge in [-0.25, -0.2) is 0 Å². The summed E-state index contributed by atoms with van der Waals surface area (Å²) in [6, 6.07) is 0. The molecule has 0 saturated heterocycles. The van der Waals surface area contributed by atoms with Crippen LogP contribution < -0.4 is 0 Å². The molecule has 0 amide bonds. The summed E-state index contributed by atoms with van der Waals surface area (Å²) in [7, 11) is -3.16. The Hall–Kier alpha value is -0.190. The van der Waals surface area contributed by atoms with Crippen LogP contribution in [0.5, 0.6) is 0 Å². The van der Waals surface area contributed by atoms with Crippen LogP contribution in [0.15, 0.2) is 11.9 Å². The molecule has 0 aromatic rings. The highest BCUT2D eigenvalue weighted by Crippen LogP contribution is 2.49. The highest BCUT2D eigenvalue weighted by molar-refractivity contribution is 7.57. The monoisotopic (exact) mass is 238 g/mol. The Bertz CT molecular complexity index is 219. The quantitative estimate of drug-likeness (QED) is 0.627. The number of aliphatic hydroxyl groups excluding tert-OH is 2. The van der Waals surface area contributed by atoms with Crippen LogP contribution in [0.25, 0.3) is 0 Å². The second-order valence-electron chi connectivity index (χ2n) is 2.83. The summed E-state index contributed by atoms with van der Waals surface area (Å²) in [5, 5.41) is 17.6. The molecule has 0 spiro atoms. The Kier molecular flexibility index (Phi) is 7.92. The molecule has 0 aromatic carbocycles. The number of hydrogen-bond acceptors (Lipinski definition) is 5. The van der Waals surface area contributed by atoms with Crippen molar-refractivity contribution >= 4 is 7.60 Å². The van der Waals surface area contributed by atoms with E-state index in [0.29, 0.717) is 13.2 Å². The number of hydrogen-bond donors (Lipinski definition) is 2. The van der Waals surface area contributed by atoms with Crippen LogP contribution >= 0.6 is 7.60 Å². The van der Waals surface area contributed by atoms with E-state index in [-0.39, 0.29) is 13.0 Å². The molecule has 0 heterocycles. The molecule has 0 saturated carbocycles. The van der Waals surface area contributed by atoms with E-state index in [1.807, 2.05) is 0 Å².